The number of nitrogens with two attached hydrogens (primary N) is 1. The van der Waals surface area contributed by atoms with Gasteiger partial charge in [-0.2, -0.15) is 0 Å². The molecule has 0 fully saturated rings. The third-order valence-electron chi connectivity index (χ3n) is 2.32. The zero-order valence-corrected chi connectivity index (χ0v) is 8.55. The van der Waals surface area contributed by atoms with Crippen molar-refractivity contribution in [1.29, 1.82) is 0 Å². The van der Waals surface area contributed by atoms with Crippen LogP contribution in [0.5, 0.6) is 0 Å². The Labute approximate surface area is 77.0 Å². The molecule has 0 radical (unpaired) electrons. The van der Waals surface area contributed by atoms with Crippen LogP contribution < -0.4 is 5.73 Å². The van der Waals surface area contributed by atoms with Crippen molar-refractivity contribution in [3.63, 3.8) is 0 Å². The number of hydrogen-bond acceptors (Lipinski definition) is 1. The lowest BCUT2D eigenvalue weighted by Crippen LogP contribution is -1.98. The summed E-state index contributed by atoms with van der Waals surface area (Å²) in [5, 5.41) is 0. The van der Waals surface area contributed by atoms with E-state index in [1.807, 2.05) is 0 Å². The van der Waals surface area contributed by atoms with Crippen molar-refractivity contribution in [2.24, 2.45) is 11.7 Å². The molecule has 1 atom stereocenters. The predicted molar refractivity (Wildman–Crippen MR) is 56.1 cm³/mol. The molecular formula is C11H23N. The van der Waals surface area contributed by atoms with E-state index in [0.717, 1.165) is 5.92 Å². The van der Waals surface area contributed by atoms with Gasteiger partial charge in [0.15, 0.2) is 0 Å². The van der Waals surface area contributed by atoms with E-state index in [2.05, 4.69) is 26.0 Å². The lowest BCUT2D eigenvalue weighted by Gasteiger charge is -2.10. The van der Waals surface area contributed by atoms with E-state index in [1.54, 1.807) is 0 Å². The molecule has 0 heterocycles. The molecule has 0 rings (SSSR count). The summed E-state index contributed by atoms with van der Waals surface area (Å²) in [6.07, 6.45) is 10.9. The Bertz CT molecular complexity index is 108. The van der Waals surface area contributed by atoms with Crippen molar-refractivity contribution in [2.75, 3.05) is 6.54 Å². The number of unbranched alkanes of at least 4 members (excludes halogenated alkanes) is 1. The van der Waals surface area contributed by atoms with Gasteiger partial charge in [-0.05, 0) is 12.3 Å². The summed E-state index contributed by atoms with van der Waals surface area (Å²) in [4.78, 5) is 0. The predicted octanol–water partition coefficient (Wildman–Crippen LogP) is 3.11. The molecule has 1 heteroatoms. The first-order valence-electron chi connectivity index (χ1n) is 5.20. The van der Waals surface area contributed by atoms with Crippen LogP contribution in [0.3, 0.4) is 0 Å². The topological polar surface area (TPSA) is 26.0 Å². The first kappa shape index (κ1) is 11.7. The van der Waals surface area contributed by atoms with E-state index in [4.69, 9.17) is 5.73 Å². The van der Waals surface area contributed by atoms with Crippen LogP contribution in [0.1, 0.15) is 46.0 Å². The van der Waals surface area contributed by atoms with Crippen LogP contribution in [0.2, 0.25) is 0 Å². The highest BCUT2D eigenvalue weighted by molar-refractivity contribution is 4.84. The van der Waals surface area contributed by atoms with Crippen LogP contribution in [0, 0.1) is 5.92 Å². The summed E-state index contributed by atoms with van der Waals surface area (Å²) in [7, 11) is 0. The van der Waals surface area contributed by atoms with E-state index >= 15 is 0 Å². The molecule has 0 aromatic heterocycles. The largest absolute Gasteiger partial charge is 0.327 e. The van der Waals surface area contributed by atoms with E-state index in [-0.39, 0.29) is 0 Å². The van der Waals surface area contributed by atoms with Gasteiger partial charge in [-0.1, -0.05) is 51.7 Å². The van der Waals surface area contributed by atoms with Crippen molar-refractivity contribution >= 4 is 0 Å². The highest BCUT2D eigenvalue weighted by Gasteiger charge is 2.01. The van der Waals surface area contributed by atoms with Gasteiger partial charge in [-0.15, -0.1) is 0 Å². The van der Waals surface area contributed by atoms with E-state index in [1.165, 1.54) is 32.1 Å². The van der Waals surface area contributed by atoms with Gasteiger partial charge in [0.05, 0.1) is 0 Å². The zero-order valence-electron chi connectivity index (χ0n) is 8.55. The smallest absolute Gasteiger partial charge is 0.0106 e. The fraction of sp³-hybridized carbons (Fsp3) is 0.818. The summed E-state index contributed by atoms with van der Waals surface area (Å²) in [5.74, 6) is 0.882. The molecule has 1 nitrogen and oxygen atoms in total. The molecule has 1 unspecified atom stereocenters. The second-order valence-corrected chi connectivity index (χ2v) is 3.36. The molecule has 0 aliphatic carbocycles. The summed E-state index contributed by atoms with van der Waals surface area (Å²) >= 11 is 0. The van der Waals surface area contributed by atoms with E-state index in [9.17, 15) is 0 Å². The summed E-state index contributed by atoms with van der Waals surface area (Å²) < 4.78 is 0. The van der Waals surface area contributed by atoms with Crippen molar-refractivity contribution in [1.82, 2.24) is 0 Å². The molecule has 0 aliphatic heterocycles. The van der Waals surface area contributed by atoms with Crippen molar-refractivity contribution in [2.45, 2.75) is 46.0 Å². The quantitative estimate of drug-likeness (QED) is 0.582. The van der Waals surface area contributed by atoms with Gasteiger partial charge in [0.25, 0.3) is 0 Å². The highest BCUT2D eigenvalue weighted by Crippen LogP contribution is 2.16. The maximum atomic E-state index is 5.37. The summed E-state index contributed by atoms with van der Waals surface area (Å²) in [6.45, 7) is 5.21. The third-order valence-corrected chi connectivity index (χ3v) is 2.32. The highest BCUT2D eigenvalue weighted by atomic mass is 14.5. The van der Waals surface area contributed by atoms with Gasteiger partial charge in [-0.3, -0.25) is 0 Å². The standard InChI is InChI=1S/C11H23N/c1-3-5-8-11(4-2)9-6-7-10-12/h6-7,11H,3-5,8-10,12H2,1-2H3. The van der Waals surface area contributed by atoms with Crippen LogP contribution in [0.4, 0.5) is 0 Å². The molecule has 0 saturated heterocycles. The Morgan fingerprint density at radius 3 is 2.50 bits per heavy atom. The first-order chi connectivity index (χ1) is 5.85. The van der Waals surface area contributed by atoms with Gasteiger partial charge in [0, 0.05) is 6.54 Å². The van der Waals surface area contributed by atoms with Crippen molar-refractivity contribution < 1.29 is 0 Å². The van der Waals surface area contributed by atoms with Gasteiger partial charge >= 0.3 is 0 Å². The van der Waals surface area contributed by atoms with Gasteiger partial charge in [0.1, 0.15) is 0 Å². The average Bonchev–Trinajstić information content (AvgIpc) is 2.11. The maximum absolute atomic E-state index is 5.37. The van der Waals surface area contributed by atoms with Gasteiger partial charge < -0.3 is 5.73 Å². The van der Waals surface area contributed by atoms with Gasteiger partial charge in [0.2, 0.25) is 0 Å². The van der Waals surface area contributed by atoms with Crippen LogP contribution in [-0.4, -0.2) is 6.54 Å². The SMILES string of the molecule is CCCCC(CC)CC=CCN. The van der Waals surface area contributed by atoms with Crippen LogP contribution >= 0.6 is 0 Å². The number of rotatable bonds is 7. The summed E-state index contributed by atoms with van der Waals surface area (Å²) in [6, 6.07) is 0. The Morgan fingerprint density at radius 1 is 1.25 bits per heavy atom. The Hall–Kier alpha value is -0.300. The monoisotopic (exact) mass is 169 g/mol. The van der Waals surface area contributed by atoms with Crippen molar-refractivity contribution in [3.8, 4) is 0 Å². The van der Waals surface area contributed by atoms with E-state index in [0.29, 0.717) is 6.54 Å². The van der Waals surface area contributed by atoms with Crippen LogP contribution in [-0.2, 0) is 0 Å². The molecule has 0 aromatic rings. The third kappa shape index (κ3) is 6.41. The molecule has 0 aliphatic rings. The molecular weight excluding hydrogens is 146 g/mol. The first-order valence-corrected chi connectivity index (χ1v) is 5.20. The zero-order chi connectivity index (χ0) is 9.23. The molecule has 0 bridgehead atoms. The Balaban J connectivity index is 3.45. The number of hydrogen-bond donors (Lipinski definition) is 1. The van der Waals surface area contributed by atoms with Crippen LogP contribution in [0.25, 0.3) is 0 Å². The fourth-order valence-corrected chi connectivity index (χ4v) is 1.37. The molecule has 0 amide bonds. The van der Waals surface area contributed by atoms with Gasteiger partial charge in [-0.25, -0.2) is 0 Å². The van der Waals surface area contributed by atoms with Crippen LogP contribution in [0.15, 0.2) is 12.2 Å². The Morgan fingerprint density at radius 2 is 2.00 bits per heavy atom. The molecule has 0 spiro atoms. The fourth-order valence-electron chi connectivity index (χ4n) is 1.37. The minimum Gasteiger partial charge on any atom is -0.327 e. The lowest BCUT2D eigenvalue weighted by atomic mass is 9.96. The summed E-state index contributed by atoms with van der Waals surface area (Å²) in [5.41, 5.74) is 5.37. The molecule has 12 heavy (non-hydrogen) atoms. The second-order valence-electron chi connectivity index (χ2n) is 3.36. The van der Waals surface area contributed by atoms with E-state index < -0.39 is 0 Å². The van der Waals surface area contributed by atoms with Crippen molar-refractivity contribution in [3.05, 3.63) is 12.2 Å². The molecule has 72 valence electrons. The molecule has 0 saturated carbocycles. The minimum atomic E-state index is 0.685. The normalized spacial score (nSPS) is 13.9. The minimum absolute atomic E-state index is 0.685. The molecule has 0 aromatic carbocycles. The Kier molecular flexibility index (Phi) is 8.57. The lowest BCUT2D eigenvalue weighted by molar-refractivity contribution is 0.456. The second kappa shape index (κ2) is 8.79. The molecule has 2 N–H and O–H groups in total. The average molecular weight is 169 g/mol. The number of allylic oxidation sites excluding steroid dienone is 1. The maximum Gasteiger partial charge on any atom is 0.0106 e.